The van der Waals surface area contributed by atoms with Gasteiger partial charge in [0.05, 0.1) is 19.3 Å². The molecule has 1 amide bonds. The lowest BCUT2D eigenvalue weighted by Gasteiger charge is -2.19. The lowest BCUT2D eigenvalue weighted by atomic mass is 10.2. The van der Waals surface area contributed by atoms with Crippen LogP contribution in [0.5, 0.6) is 0 Å². The first-order valence-electron chi connectivity index (χ1n) is 6.06. The van der Waals surface area contributed by atoms with Crippen LogP contribution in [-0.2, 0) is 9.53 Å². The highest BCUT2D eigenvalue weighted by Crippen LogP contribution is 1.91. The van der Waals surface area contributed by atoms with E-state index in [1.165, 1.54) is 0 Å². The van der Waals surface area contributed by atoms with Gasteiger partial charge in [-0.1, -0.05) is 6.92 Å². The zero-order chi connectivity index (χ0) is 12.6. The Morgan fingerprint density at radius 2 is 2.00 bits per heavy atom. The molecule has 1 atom stereocenters. The number of likely N-dealkylation sites (N-methyl/N-ethyl adjacent to an activating group) is 1. The predicted molar refractivity (Wildman–Crippen MR) is 66.5 cm³/mol. The van der Waals surface area contributed by atoms with Crippen molar-refractivity contribution in [3.63, 3.8) is 0 Å². The minimum Gasteiger partial charge on any atom is -0.377 e. The van der Waals surface area contributed by atoms with E-state index < -0.39 is 0 Å². The molecule has 16 heavy (non-hydrogen) atoms. The number of hydrogen-bond donors (Lipinski definition) is 1. The Hall–Kier alpha value is -0.610. The highest BCUT2D eigenvalue weighted by Gasteiger charge is 2.09. The maximum absolute atomic E-state index is 11.6. The fourth-order valence-corrected chi connectivity index (χ4v) is 1.09. The summed E-state index contributed by atoms with van der Waals surface area (Å²) in [5, 5.41) is 3.18. The van der Waals surface area contributed by atoms with Crippen LogP contribution in [0.3, 0.4) is 0 Å². The van der Waals surface area contributed by atoms with Crippen LogP contribution in [-0.4, -0.2) is 49.7 Å². The smallest absolute Gasteiger partial charge is 0.236 e. The summed E-state index contributed by atoms with van der Waals surface area (Å²) in [6.07, 6.45) is 1.26. The third kappa shape index (κ3) is 7.65. The molecule has 0 radical (unpaired) electrons. The van der Waals surface area contributed by atoms with E-state index in [1.54, 1.807) is 4.90 Å². The Morgan fingerprint density at radius 1 is 1.38 bits per heavy atom. The van der Waals surface area contributed by atoms with Crippen molar-refractivity contribution < 1.29 is 9.53 Å². The summed E-state index contributed by atoms with van der Waals surface area (Å²) in [6.45, 7) is 9.83. The maximum atomic E-state index is 11.6. The molecule has 0 saturated heterocycles. The number of hydrogen-bond acceptors (Lipinski definition) is 3. The lowest BCUT2D eigenvalue weighted by molar-refractivity contribution is -0.129. The van der Waals surface area contributed by atoms with Crippen LogP contribution >= 0.6 is 0 Å². The molecule has 0 fully saturated rings. The number of nitrogens with zero attached hydrogens (tertiary/aromatic N) is 1. The minimum absolute atomic E-state index is 0.118. The zero-order valence-electron chi connectivity index (χ0n) is 11.2. The zero-order valence-corrected chi connectivity index (χ0v) is 11.2. The van der Waals surface area contributed by atoms with Gasteiger partial charge in [-0.15, -0.1) is 0 Å². The summed E-state index contributed by atoms with van der Waals surface area (Å²) in [5.74, 6) is 0.118. The minimum atomic E-state index is 0.118. The molecular formula is C12H26N2O2. The van der Waals surface area contributed by atoms with E-state index in [0.717, 1.165) is 6.42 Å². The van der Waals surface area contributed by atoms with Gasteiger partial charge in [0.2, 0.25) is 5.91 Å². The SMILES string of the molecule is CCC(C)NCC(=O)N(C)CCOC(C)C. The average molecular weight is 230 g/mol. The second kappa shape index (κ2) is 8.53. The van der Waals surface area contributed by atoms with Gasteiger partial charge < -0.3 is 15.0 Å². The standard InChI is InChI=1S/C12H26N2O2/c1-6-11(4)13-9-12(15)14(5)7-8-16-10(2)3/h10-11,13H,6-9H2,1-5H3. The monoisotopic (exact) mass is 230 g/mol. The molecule has 0 spiro atoms. The van der Waals surface area contributed by atoms with E-state index in [1.807, 2.05) is 20.9 Å². The molecule has 0 aliphatic heterocycles. The topological polar surface area (TPSA) is 41.6 Å². The van der Waals surface area contributed by atoms with Gasteiger partial charge in [-0.05, 0) is 27.2 Å². The molecule has 0 aliphatic carbocycles. The van der Waals surface area contributed by atoms with Gasteiger partial charge in [0.25, 0.3) is 0 Å². The van der Waals surface area contributed by atoms with E-state index in [0.29, 0.717) is 25.7 Å². The highest BCUT2D eigenvalue weighted by molar-refractivity contribution is 5.77. The van der Waals surface area contributed by atoms with Crippen LogP contribution in [0.4, 0.5) is 0 Å². The average Bonchev–Trinajstić information content (AvgIpc) is 2.24. The van der Waals surface area contributed by atoms with Crippen LogP contribution in [0, 0.1) is 0 Å². The van der Waals surface area contributed by atoms with Crippen LogP contribution in [0.25, 0.3) is 0 Å². The third-order valence-corrected chi connectivity index (χ3v) is 2.52. The van der Waals surface area contributed by atoms with Crippen molar-refractivity contribution in [2.45, 2.75) is 46.3 Å². The van der Waals surface area contributed by atoms with E-state index in [-0.39, 0.29) is 12.0 Å². The van der Waals surface area contributed by atoms with Crippen molar-refractivity contribution in [2.24, 2.45) is 0 Å². The lowest BCUT2D eigenvalue weighted by Crippen LogP contribution is -2.40. The van der Waals surface area contributed by atoms with E-state index in [9.17, 15) is 4.79 Å². The molecular weight excluding hydrogens is 204 g/mol. The fraction of sp³-hybridized carbons (Fsp3) is 0.917. The van der Waals surface area contributed by atoms with Gasteiger partial charge in [0.15, 0.2) is 0 Å². The van der Waals surface area contributed by atoms with E-state index in [2.05, 4.69) is 19.2 Å². The molecule has 0 saturated carbocycles. The molecule has 0 aliphatic rings. The Labute approximate surface area is 99.3 Å². The van der Waals surface area contributed by atoms with Crippen molar-refractivity contribution in [1.82, 2.24) is 10.2 Å². The van der Waals surface area contributed by atoms with E-state index in [4.69, 9.17) is 4.74 Å². The van der Waals surface area contributed by atoms with Crippen molar-refractivity contribution in [2.75, 3.05) is 26.7 Å². The van der Waals surface area contributed by atoms with Gasteiger partial charge in [0.1, 0.15) is 0 Å². The Morgan fingerprint density at radius 3 is 2.50 bits per heavy atom. The molecule has 96 valence electrons. The summed E-state index contributed by atoms with van der Waals surface area (Å²) in [5.41, 5.74) is 0. The van der Waals surface area contributed by atoms with Gasteiger partial charge >= 0.3 is 0 Å². The van der Waals surface area contributed by atoms with Crippen LogP contribution in [0.2, 0.25) is 0 Å². The van der Waals surface area contributed by atoms with Crippen molar-refractivity contribution in [3.05, 3.63) is 0 Å². The normalized spacial score (nSPS) is 12.9. The van der Waals surface area contributed by atoms with Crippen molar-refractivity contribution in [1.29, 1.82) is 0 Å². The first kappa shape index (κ1) is 15.4. The number of ether oxygens (including phenoxy) is 1. The van der Waals surface area contributed by atoms with Gasteiger partial charge in [-0.25, -0.2) is 0 Å². The fourth-order valence-electron chi connectivity index (χ4n) is 1.09. The number of carbonyl (C=O) groups excluding carboxylic acids is 1. The molecule has 0 aromatic heterocycles. The van der Waals surface area contributed by atoms with E-state index >= 15 is 0 Å². The molecule has 0 aromatic rings. The Kier molecular flexibility index (Phi) is 8.21. The van der Waals surface area contributed by atoms with Gasteiger partial charge in [-0.2, -0.15) is 0 Å². The van der Waals surface area contributed by atoms with Gasteiger partial charge in [0, 0.05) is 19.6 Å². The Balaban J connectivity index is 3.65. The quantitative estimate of drug-likeness (QED) is 0.682. The molecule has 4 heteroatoms. The molecule has 0 rings (SSSR count). The molecule has 0 heterocycles. The van der Waals surface area contributed by atoms with Gasteiger partial charge in [-0.3, -0.25) is 4.79 Å². The number of amides is 1. The second-order valence-electron chi connectivity index (χ2n) is 4.43. The molecule has 0 aromatic carbocycles. The Bertz CT molecular complexity index is 195. The molecule has 0 bridgehead atoms. The van der Waals surface area contributed by atoms with Crippen molar-refractivity contribution in [3.8, 4) is 0 Å². The first-order valence-corrected chi connectivity index (χ1v) is 6.06. The van der Waals surface area contributed by atoms with Crippen molar-refractivity contribution >= 4 is 5.91 Å². The summed E-state index contributed by atoms with van der Waals surface area (Å²) >= 11 is 0. The summed E-state index contributed by atoms with van der Waals surface area (Å²) in [7, 11) is 1.81. The molecule has 1 N–H and O–H groups in total. The summed E-state index contributed by atoms with van der Waals surface area (Å²) in [4.78, 5) is 13.4. The predicted octanol–water partition coefficient (Wildman–Crippen LogP) is 1.26. The number of rotatable bonds is 8. The number of carbonyl (C=O) groups is 1. The maximum Gasteiger partial charge on any atom is 0.236 e. The largest absolute Gasteiger partial charge is 0.377 e. The molecule has 1 unspecified atom stereocenters. The van der Waals surface area contributed by atoms with Crippen LogP contribution in [0.15, 0.2) is 0 Å². The number of nitrogens with one attached hydrogen (secondary N) is 1. The molecule has 4 nitrogen and oxygen atoms in total. The van der Waals surface area contributed by atoms with Crippen LogP contribution in [0.1, 0.15) is 34.1 Å². The van der Waals surface area contributed by atoms with Crippen LogP contribution < -0.4 is 5.32 Å². The first-order chi connectivity index (χ1) is 7.47. The third-order valence-electron chi connectivity index (χ3n) is 2.52. The second-order valence-corrected chi connectivity index (χ2v) is 4.43. The summed E-state index contributed by atoms with van der Waals surface area (Å²) < 4.78 is 5.40. The highest BCUT2D eigenvalue weighted by atomic mass is 16.5. The summed E-state index contributed by atoms with van der Waals surface area (Å²) in [6, 6.07) is 0.393.